The van der Waals surface area contributed by atoms with Crippen LogP contribution in [-0.2, 0) is 0 Å². The normalized spacial score (nSPS) is 22.3. The Balaban J connectivity index is 1.38. The van der Waals surface area contributed by atoms with Gasteiger partial charge in [-0.3, -0.25) is 4.99 Å². The van der Waals surface area contributed by atoms with Crippen LogP contribution in [0.25, 0.3) is 0 Å². The Morgan fingerprint density at radius 3 is 2.45 bits per heavy atom. The molecule has 0 spiro atoms. The zero-order valence-electron chi connectivity index (χ0n) is 17.0. The van der Waals surface area contributed by atoms with Crippen molar-refractivity contribution in [1.82, 2.24) is 0 Å². The Kier molecular flexibility index (Phi) is 4.55. The molecule has 0 fully saturated rings. The van der Waals surface area contributed by atoms with E-state index in [-0.39, 0.29) is 0 Å². The minimum atomic E-state index is 0.334. The molecule has 2 nitrogen and oxygen atoms in total. The van der Waals surface area contributed by atoms with Gasteiger partial charge in [-0.15, -0.1) is 0 Å². The molecule has 144 valence electrons. The number of hydrogen-bond acceptors (Lipinski definition) is 2. The second-order valence-electron chi connectivity index (χ2n) is 8.33. The first-order chi connectivity index (χ1) is 14.2. The Bertz CT molecular complexity index is 1070. The molecule has 1 heterocycles. The largest absolute Gasteiger partial charge is 0.378 e. The van der Waals surface area contributed by atoms with E-state index in [1.165, 1.54) is 27.9 Å². The number of aryl methyl sites for hydroxylation is 2. The van der Waals surface area contributed by atoms with Crippen LogP contribution >= 0.6 is 0 Å². The monoisotopic (exact) mass is 378 g/mol. The number of anilines is 1. The molecule has 2 heteroatoms. The SMILES string of the molecule is Cc1ccc(C=Nc2ccc([C@@H]3Nc4ccc(C)cc4[C@@H]4C=CC[C@H]43)cc2)cc1. The predicted molar refractivity (Wildman–Crippen MR) is 122 cm³/mol. The summed E-state index contributed by atoms with van der Waals surface area (Å²) in [6, 6.07) is 24.3. The maximum atomic E-state index is 4.65. The van der Waals surface area contributed by atoms with Gasteiger partial charge < -0.3 is 5.32 Å². The highest BCUT2D eigenvalue weighted by Crippen LogP contribution is 2.49. The molecule has 0 bridgehead atoms. The van der Waals surface area contributed by atoms with Gasteiger partial charge in [-0.05, 0) is 61.1 Å². The summed E-state index contributed by atoms with van der Waals surface area (Å²) in [6.07, 6.45) is 7.81. The number of fused-ring (bicyclic) bond motifs is 3. The molecule has 1 N–H and O–H groups in total. The van der Waals surface area contributed by atoms with Gasteiger partial charge in [0.25, 0.3) is 0 Å². The number of nitrogens with zero attached hydrogens (tertiary/aromatic N) is 1. The Morgan fingerprint density at radius 2 is 1.66 bits per heavy atom. The van der Waals surface area contributed by atoms with Crippen LogP contribution < -0.4 is 5.32 Å². The van der Waals surface area contributed by atoms with Crippen molar-refractivity contribution in [3.63, 3.8) is 0 Å². The third-order valence-electron chi connectivity index (χ3n) is 6.21. The van der Waals surface area contributed by atoms with Crippen molar-refractivity contribution in [2.24, 2.45) is 10.9 Å². The van der Waals surface area contributed by atoms with Gasteiger partial charge in [-0.25, -0.2) is 0 Å². The van der Waals surface area contributed by atoms with Gasteiger partial charge in [-0.1, -0.05) is 71.8 Å². The molecule has 1 aliphatic heterocycles. The molecule has 1 aliphatic carbocycles. The van der Waals surface area contributed by atoms with E-state index in [9.17, 15) is 0 Å². The summed E-state index contributed by atoms with van der Waals surface area (Å²) in [5.74, 6) is 1.08. The first-order valence-corrected chi connectivity index (χ1v) is 10.4. The van der Waals surface area contributed by atoms with Crippen molar-refractivity contribution in [2.75, 3.05) is 5.32 Å². The van der Waals surface area contributed by atoms with E-state index in [4.69, 9.17) is 0 Å². The first kappa shape index (κ1) is 17.9. The fourth-order valence-electron chi connectivity index (χ4n) is 4.61. The van der Waals surface area contributed by atoms with Crippen LogP contribution in [0.3, 0.4) is 0 Å². The number of nitrogens with one attached hydrogen (secondary N) is 1. The second-order valence-corrected chi connectivity index (χ2v) is 8.33. The van der Waals surface area contributed by atoms with Crippen molar-refractivity contribution in [3.8, 4) is 0 Å². The Morgan fingerprint density at radius 1 is 0.897 bits per heavy atom. The third-order valence-corrected chi connectivity index (χ3v) is 6.21. The summed E-state index contributed by atoms with van der Waals surface area (Å²) in [4.78, 5) is 4.65. The Hall–Kier alpha value is -3.13. The van der Waals surface area contributed by atoms with Crippen LogP contribution in [0.15, 0.2) is 83.9 Å². The lowest BCUT2D eigenvalue weighted by molar-refractivity contribution is 0.425. The fraction of sp³-hybridized carbons (Fsp3) is 0.222. The molecular formula is C27H26N2. The molecule has 29 heavy (non-hydrogen) atoms. The molecule has 0 saturated carbocycles. The smallest absolute Gasteiger partial charge is 0.0630 e. The number of allylic oxidation sites excluding steroid dienone is 2. The molecule has 0 unspecified atom stereocenters. The van der Waals surface area contributed by atoms with E-state index in [1.54, 1.807) is 0 Å². The molecule has 0 amide bonds. The second kappa shape index (κ2) is 7.36. The van der Waals surface area contributed by atoms with Crippen molar-refractivity contribution in [3.05, 3.63) is 107 Å². The van der Waals surface area contributed by atoms with E-state index < -0.39 is 0 Å². The molecular weight excluding hydrogens is 352 g/mol. The summed E-state index contributed by atoms with van der Waals surface area (Å²) in [5, 5.41) is 3.82. The average Bonchev–Trinajstić information content (AvgIpc) is 3.24. The lowest BCUT2D eigenvalue weighted by Crippen LogP contribution is -2.29. The quantitative estimate of drug-likeness (QED) is 0.390. The molecule has 3 aromatic carbocycles. The van der Waals surface area contributed by atoms with E-state index in [1.807, 2.05) is 6.21 Å². The molecule has 0 radical (unpaired) electrons. The van der Waals surface area contributed by atoms with Crippen molar-refractivity contribution in [2.45, 2.75) is 32.2 Å². The number of hydrogen-bond donors (Lipinski definition) is 1. The summed E-state index contributed by atoms with van der Waals surface area (Å²) in [6.45, 7) is 4.28. The lowest BCUT2D eigenvalue weighted by Gasteiger charge is -2.37. The van der Waals surface area contributed by atoms with Gasteiger partial charge in [0, 0.05) is 17.8 Å². The van der Waals surface area contributed by atoms with Crippen LogP contribution in [0.4, 0.5) is 11.4 Å². The topological polar surface area (TPSA) is 24.4 Å². The standard InChI is InChI=1S/C27H26N2/c1-18-6-9-20(10-7-18)17-28-22-13-11-21(12-14-22)27-24-5-3-4-23(24)25-16-19(2)8-15-26(25)29-27/h3-4,6-17,23-24,27,29H,5H2,1-2H3/t23-,24-,27+/m1/s1. The maximum Gasteiger partial charge on any atom is 0.0630 e. The van der Waals surface area contributed by atoms with Gasteiger partial charge in [0.05, 0.1) is 11.7 Å². The third kappa shape index (κ3) is 3.51. The summed E-state index contributed by atoms with van der Waals surface area (Å²) in [5.41, 5.74) is 8.77. The highest BCUT2D eigenvalue weighted by Gasteiger charge is 2.37. The van der Waals surface area contributed by atoms with E-state index >= 15 is 0 Å². The highest BCUT2D eigenvalue weighted by molar-refractivity contribution is 5.81. The van der Waals surface area contributed by atoms with Crippen molar-refractivity contribution >= 4 is 17.6 Å². The van der Waals surface area contributed by atoms with Crippen molar-refractivity contribution in [1.29, 1.82) is 0 Å². The first-order valence-electron chi connectivity index (χ1n) is 10.4. The number of rotatable bonds is 3. The van der Waals surface area contributed by atoms with E-state index in [0.717, 1.165) is 17.7 Å². The van der Waals surface area contributed by atoms with Gasteiger partial charge in [-0.2, -0.15) is 0 Å². The Labute approximate surface area is 173 Å². The molecule has 0 saturated heterocycles. The highest BCUT2D eigenvalue weighted by atomic mass is 15.0. The molecule has 3 atom stereocenters. The van der Waals surface area contributed by atoms with Gasteiger partial charge in [0.15, 0.2) is 0 Å². The summed E-state index contributed by atoms with van der Waals surface area (Å²) in [7, 11) is 0. The zero-order valence-corrected chi connectivity index (χ0v) is 17.0. The molecule has 5 rings (SSSR count). The van der Waals surface area contributed by atoms with Crippen LogP contribution in [0, 0.1) is 19.8 Å². The lowest BCUT2D eigenvalue weighted by atomic mass is 9.76. The van der Waals surface area contributed by atoms with Crippen LogP contribution in [0.1, 0.15) is 46.2 Å². The van der Waals surface area contributed by atoms with Crippen LogP contribution in [0.5, 0.6) is 0 Å². The number of benzene rings is 3. The minimum Gasteiger partial charge on any atom is -0.378 e. The summed E-state index contributed by atoms with van der Waals surface area (Å²) >= 11 is 0. The summed E-state index contributed by atoms with van der Waals surface area (Å²) < 4.78 is 0. The molecule has 2 aliphatic rings. The fourth-order valence-corrected chi connectivity index (χ4v) is 4.61. The van der Waals surface area contributed by atoms with Gasteiger partial charge in [0.2, 0.25) is 0 Å². The predicted octanol–water partition coefficient (Wildman–Crippen LogP) is 6.88. The van der Waals surface area contributed by atoms with Gasteiger partial charge in [0.1, 0.15) is 0 Å². The number of aliphatic imine (C=N–C) groups is 1. The average molecular weight is 379 g/mol. The minimum absolute atomic E-state index is 0.334. The molecule has 0 aromatic heterocycles. The van der Waals surface area contributed by atoms with Gasteiger partial charge >= 0.3 is 0 Å². The van der Waals surface area contributed by atoms with E-state index in [0.29, 0.717) is 17.9 Å². The van der Waals surface area contributed by atoms with Crippen LogP contribution in [-0.4, -0.2) is 6.21 Å². The van der Waals surface area contributed by atoms with E-state index in [2.05, 4.69) is 103 Å². The maximum absolute atomic E-state index is 4.65. The van der Waals surface area contributed by atoms with Crippen molar-refractivity contribution < 1.29 is 0 Å². The zero-order chi connectivity index (χ0) is 19.8. The molecule has 3 aromatic rings. The van der Waals surface area contributed by atoms with Crippen LogP contribution in [0.2, 0.25) is 0 Å².